The molecule has 0 atom stereocenters. The lowest BCUT2D eigenvalue weighted by Gasteiger charge is -2.19. The van der Waals surface area contributed by atoms with Gasteiger partial charge in [-0.1, -0.05) is 25.0 Å². The Morgan fingerprint density at radius 1 is 1.08 bits per heavy atom. The van der Waals surface area contributed by atoms with Gasteiger partial charge in [-0.15, -0.1) is 24.8 Å². The van der Waals surface area contributed by atoms with Gasteiger partial charge in [0.15, 0.2) is 0 Å². The van der Waals surface area contributed by atoms with Crippen LogP contribution in [0.25, 0.3) is 0 Å². The minimum Gasteiger partial charge on any atom is -0.383 e. The van der Waals surface area contributed by atoms with Gasteiger partial charge in [0.05, 0.1) is 13.2 Å². The maximum atomic E-state index is 11.8. The standard InChI is InChI=1S/C18H29N3O2.2ClH/c1-23-13-10-19-14-18(22)20-17-8-6-16(7-9-17)15-21-11-4-2-3-5-12-21;;/h6-9,19H,2-5,10-15H2,1H3,(H,20,22);2*1H. The molecule has 1 aliphatic rings. The summed E-state index contributed by atoms with van der Waals surface area (Å²) >= 11 is 0. The Morgan fingerprint density at radius 3 is 2.32 bits per heavy atom. The third kappa shape index (κ3) is 10.0. The van der Waals surface area contributed by atoms with E-state index >= 15 is 0 Å². The van der Waals surface area contributed by atoms with Gasteiger partial charge in [-0.2, -0.15) is 0 Å². The van der Waals surface area contributed by atoms with Crippen LogP contribution in [0.1, 0.15) is 31.2 Å². The molecule has 5 nitrogen and oxygen atoms in total. The first-order chi connectivity index (χ1) is 11.3. The van der Waals surface area contributed by atoms with Crippen molar-refractivity contribution in [3.05, 3.63) is 29.8 Å². The fourth-order valence-electron chi connectivity index (χ4n) is 2.83. The zero-order valence-corrected chi connectivity index (χ0v) is 16.6. The molecule has 1 aromatic rings. The normalized spacial score (nSPS) is 14.8. The van der Waals surface area contributed by atoms with Crippen LogP contribution in [0.2, 0.25) is 0 Å². The summed E-state index contributed by atoms with van der Waals surface area (Å²) in [5, 5.41) is 5.94. The molecule has 0 radical (unpaired) electrons. The van der Waals surface area contributed by atoms with E-state index in [1.807, 2.05) is 12.1 Å². The van der Waals surface area contributed by atoms with Crippen LogP contribution in [0.15, 0.2) is 24.3 Å². The minimum atomic E-state index is -0.0265. The number of likely N-dealkylation sites (tertiary alicyclic amines) is 1. The Bertz CT molecular complexity index is 464. The lowest BCUT2D eigenvalue weighted by Crippen LogP contribution is -2.30. The summed E-state index contributed by atoms with van der Waals surface area (Å²) in [6.45, 7) is 5.00. The average Bonchev–Trinajstić information content (AvgIpc) is 2.82. The van der Waals surface area contributed by atoms with Crippen LogP contribution < -0.4 is 10.6 Å². The van der Waals surface area contributed by atoms with Gasteiger partial charge in [0.1, 0.15) is 0 Å². The fourth-order valence-corrected chi connectivity index (χ4v) is 2.83. The summed E-state index contributed by atoms with van der Waals surface area (Å²) in [6.07, 6.45) is 5.34. The zero-order chi connectivity index (χ0) is 16.3. The van der Waals surface area contributed by atoms with Crippen LogP contribution in [-0.4, -0.2) is 50.7 Å². The van der Waals surface area contributed by atoms with Gasteiger partial charge in [0.2, 0.25) is 5.91 Å². The second-order valence-electron chi connectivity index (χ2n) is 6.11. The number of nitrogens with one attached hydrogen (secondary N) is 2. The second kappa shape index (κ2) is 14.3. The van der Waals surface area contributed by atoms with Gasteiger partial charge < -0.3 is 15.4 Å². The Kier molecular flexibility index (Phi) is 13.8. The van der Waals surface area contributed by atoms with E-state index < -0.39 is 0 Å². The molecule has 0 saturated carbocycles. The predicted molar refractivity (Wildman–Crippen MR) is 108 cm³/mol. The van der Waals surface area contributed by atoms with Gasteiger partial charge >= 0.3 is 0 Å². The summed E-state index contributed by atoms with van der Waals surface area (Å²) in [5.74, 6) is -0.0265. The molecular weight excluding hydrogens is 361 g/mol. The lowest BCUT2D eigenvalue weighted by atomic mass is 10.2. The van der Waals surface area contributed by atoms with E-state index in [4.69, 9.17) is 4.74 Å². The van der Waals surface area contributed by atoms with Crippen LogP contribution >= 0.6 is 24.8 Å². The summed E-state index contributed by atoms with van der Waals surface area (Å²) < 4.78 is 4.93. The second-order valence-corrected chi connectivity index (χ2v) is 6.11. The fraction of sp³-hybridized carbons (Fsp3) is 0.611. The molecule has 1 aromatic carbocycles. The maximum absolute atomic E-state index is 11.8. The summed E-state index contributed by atoms with van der Waals surface area (Å²) in [7, 11) is 1.65. The minimum absolute atomic E-state index is 0. The molecule has 0 spiro atoms. The Labute approximate surface area is 163 Å². The number of methoxy groups -OCH3 is 1. The molecule has 1 fully saturated rings. The number of nitrogens with zero attached hydrogens (tertiary/aromatic N) is 1. The van der Waals surface area contributed by atoms with Crippen molar-refractivity contribution in [2.24, 2.45) is 0 Å². The van der Waals surface area contributed by atoms with Gasteiger partial charge in [0, 0.05) is 25.9 Å². The maximum Gasteiger partial charge on any atom is 0.238 e. The van der Waals surface area contributed by atoms with Crippen molar-refractivity contribution in [1.29, 1.82) is 0 Å². The monoisotopic (exact) mass is 391 g/mol. The molecular formula is C18H31Cl2N3O2. The van der Waals surface area contributed by atoms with Crippen molar-refractivity contribution in [3.8, 4) is 0 Å². The molecule has 144 valence electrons. The number of hydrogen-bond acceptors (Lipinski definition) is 4. The van der Waals surface area contributed by atoms with E-state index in [0.29, 0.717) is 19.7 Å². The molecule has 1 amide bonds. The van der Waals surface area contributed by atoms with Crippen LogP contribution in [0, 0.1) is 0 Å². The van der Waals surface area contributed by atoms with Crippen molar-refractivity contribution < 1.29 is 9.53 Å². The summed E-state index contributed by atoms with van der Waals surface area (Å²) in [5.41, 5.74) is 2.16. The Balaban J connectivity index is 0.00000288. The molecule has 1 aliphatic heterocycles. The van der Waals surface area contributed by atoms with E-state index in [1.54, 1.807) is 7.11 Å². The first kappa shape index (κ1) is 24.1. The number of halogens is 2. The number of hydrogen-bond donors (Lipinski definition) is 2. The predicted octanol–water partition coefficient (Wildman–Crippen LogP) is 3.08. The summed E-state index contributed by atoms with van der Waals surface area (Å²) in [6, 6.07) is 8.19. The molecule has 0 aliphatic carbocycles. The molecule has 2 rings (SSSR count). The van der Waals surface area contributed by atoms with E-state index in [-0.39, 0.29) is 30.7 Å². The van der Waals surface area contributed by atoms with Crippen molar-refractivity contribution in [1.82, 2.24) is 10.2 Å². The smallest absolute Gasteiger partial charge is 0.238 e. The van der Waals surface area contributed by atoms with E-state index in [9.17, 15) is 4.79 Å². The number of ether oxygens (including phenoxy) is 1. The third-order valence-electron chi connectivity index (χ3n) is 4.11. The molecule has 1 heterocycles. The van der Waals surface area contributed by atoms with Gasteiger partial charge in [-0.25, -0.2) is 0 Å². The topological polar surface area (TPSA) is 53.6 Å². The summed E-state index contributed by atoms with van der Waals surface area (Å²) in [4.78, 5) is 14.3. The largest absolute Gasteiger partial charge is 0.383 e. The number of carbonyl (C=O) groups is 1. The zero-order valence-electron chi connectivity index (χ0n) is 15.0. The molecule has 7 heteroatoms. The first-order valence-corrected chi connectivity index (χ1v) is 8.59. The highest BCUT2D eigenvalue weighted by Crippen LogP contribution is 2.15. The van der Waals surface area contributed by atoms with Crippen molar-refractivity contribution in [2.75, 3.05) is 45.2 Å². The number of anilines is 1. The van der Waals surface area contributed by atoms with Crippen molar-refractivity contribution in [2.45, 2.75) is 32.2 Å². The number of carbonyl (C=O) groups excluding carboxylic acids is 1. The molecule has 0 unspecified atom stereocenters. The van der Waals surface area contributed by atoms with Crippen LogP contribution in [0.3, 0.4) is 0 Å². The molecule has 0 aromatic heterocycles. The van der Waals surface area contributed by atoms with E-state index in [1.165, 1.54) is 44.3 Å². The first-order valence-electron chi connectivity index (χ1n) is 8.59. The van der Waals surface area contributed by atoms with E-state index in [2.05, 4.69) is 27.7 Å². The molecule has 1 saturated heterocycles. The van der Waals surface area contributed by atoms with Crippen LogP contribution in [0.5, 0.6) is 0 Å². The van der Waals surface area contributed by atoms with Crippen LogP contribution in [-0.2, 0) is 16.1 Å². The highest BCUT2D eigenvalue weighted by molar-refractivity contribution is 5.92. The van der Waals surface area contributed by atoms with E-state index in [0.717, 1.165) is 12.2 Å². The molecule has 2 N–H and O–H groups in total. The SMILES string of the molecule is COCCNCC(=O)Nc1ccc(CN2CCCCCC2)cc1.Cl.Cl. The number of benzene rings is 1. The van der Waals surface area contributed by atoms with Crippen molar-refractivity contribution >= 4 is 36.4 Å². The van der Waals surface area contributed by atoms with Gasteiger partial charge in [-0.3, -0.25) is 9.69 Å². The van der Waals surface area contributed by atoms with Crippen LogP contribution in [0.4, 0.5) is 5.69 Å². The highest BCUT2D eigenvalue weighted by atomic mass is 35.5. The Hall–Kier alpha value is -0.850. The van der Waals surface area contributed by atoms with Gasteiger partial charge in [-0.05, 0) is 43.6 Å². The highest BCUT2D eigenvalue weighted by Gasteiger charge is 2.09. The number of rotatable bonds is 8. The lowest BCUT2D eigenvalue weighted by molar-refractivity contribution is -0.115. The number of amides is 1. The molecule has 25 heavy (non-hydrogen) atoms. The van der Waals surface area contributed by atoms with Gasteiger partial charge in [0.25, 0.3) is 0 Å². The quantitative estimate of drug-likeness (QED) is 0.668. The third-order valence-corrected chi connectivity index (χ3v) is 4.11. The van der Waals surface area contributed by atoms with Crippen molar-refractivity contribution in [3.63, 3.8) is 0 Å². The molecule has 0 bridgehead atoms. The Morgan fingerprint density at radius 2 is 1.72 bits per heavy atom. The average molecular weight is 392 g/mol.